The summed E-state index contributed by atoms with van der Waals surface area (Å²) in [7, 11) is 0. The predicted molar refractivity (Wildman–Crippen MR) is 26.8 cm³/mol. The fourth-order valence-electron chi connectivity index (χ4n) is 0.593. The molecule has 0 saturated heterocycles. The molecule has 0 heterocycles. The maximum absolute atomic E-state index is 10.5. The van der Waals surface area contributed by atoms with Gasteiger partial charge in [-0.15, -0.1) is 0 Å². The van der Waals surface area contributed by atoms with E-state index in [1.54, 1.807) is 0 Å². The van der Waals surface area contributed by atoms with Crippen molar-refractivity contribution in [2.45, 2.75) is 6.42 Å². The van der Waals surface area contributed by atoms with Gasteiger partial charge in [-0.1, -0.05) is 0 Å². The SMILES string of the molecule is O=[C]([Mn])C1=CC=CC1. The van der Waals surface area contributed by atoms with Gasteiger partial charge in [0.2, 0.25) is 0 Å². The first kappa shape index (κ1) is 5.80. The minimum atomic E-state index is 0.00231. The van der Waals surface area contributed by atoms with Crippen LogP contribution in [0.5, 0.6) is 0 Å². The molecular weight excluding hydrogens is 143 g/mol. The molecule has 0 aliphatic heterocycles. The van der Waals surface area contributed by atoms with E-state index in [1.807, 2.05) is 18.2 Å². The molecule has 0 bridgehead atoms. The van der Waals surface area contributed by atoms with Gasteiger partial charge in [-0.25, -0.2) is 0 Å². The standard InChI is InChI=1S/C6H5O.Mn/c7-5-6-3-1-2-4-6;/h1-3H,4H2;. The van der Waals surface area contributed by atoms with E-state index in [2.05, 4.69) is 16.0 Å². The third-order valence-electron chi connectivity index (χ3n) is 1.02. The quantitative estimate of drug-likeness (QED) is 0.506. The van der Waals surface area contributed by atoms with E-state index in [0.717, 1.165) is 12.0 Å². The van der Waals surface area contributed by atoms with Crippen LogP contribution in [0.25, 0.3) is 0 Å². The van der Waals surface area contributed by atoms with Gasteiger partial charge in [0.15, 0.2) is 0 Å². The Kier molecular flexibility index (Phi) is 1.66. The van der Waals surface area contributed by atoms with E-state index in [9.17, 15) is 4.79 Å². The molecule has 0 fully saturated rings. The van der Waals surface area contributed by atoms with Crippen molar-refractivity contribution in [2.75, 3.05) is 0 Å². The summed E-state index contributed by atoms with van der Waals surface area (Å²) >= 11 is 2.85. The van der Waals surface area contributed by atoms with Crippen LogP contribution in [0.4, 0.5) is 0 Å². The van der Waals surface area contributed by atoms with Crippen LogP contribution in [0.1, 0.15) is 6.42 Å². The van der Waals surface area contributed by atoms with Crippen molar-refractivity contribution < 1.29 is 20.8 Å². The van der Waals surface area contributed by atoms with Crippen molar-refractivity contribution in [3.63, 3.8) is 0 Å². The van der Waals surface area contributed by atoms with Gasteiger partial charge in [0, 0.05) is 0 Å². The molecule has 0 aromatic carbocycles. The van der Waals surface area contributed by atoms with Gasteiger partial charge in [-0.05, 0) is 0 Å². The Morgan fingerprint density at radius 2 is 2.50 bits per heavy atom. The zero-order valence-corrected chi connectivity index (χ0v) is 5.41. The van der Waals surface area contributed by atoms with Gasteiger partial charge in [-0.2, -0.15) is 0 Å². The Labute approximate surface area is 56.3 Å². The van der Waals surface area contributed by atoms with Crippen LogP contribution in [-0.2, 0) is 20.8 Å². The molecule has 1 aliphatic rings. The van der Waals surface area contributed by atoms with Crippen molar-refractivity contribution in [2.24, 2.45) is 0 Å². The average Bonchev–Trinajstić information content (AvgIpc) is 2.12. The summed E-state index contributed by atoms with van der Waals surface area (Å²) in [5, 5.41) is 0. The first-order chi connectivity index (χ1) is 3.80. The first-order valence-corrected chi connectivity index (χ1v) is 2.95. The van der Waals surface area contributed by atoms with Crippen molar-refractivity contribution in [1.82, 2.24) is 0 Å². The topological polar surface area (TPSA) is 17.1 Å². The van der Waals surface area contributed by atoms with E-state index >= 15 is 0 Å². The zero-order valence-electron chi connectivity index (χ0n) is 4.23. The van der Waals surface area contributed by atoms with Crippen LogP contribution in [0, 0.1) is 0 Å². The molecule has 42 valence electrons. The minimum absolute atomic E-state index is 0.00231. The van der Waals surface area contributed by atoms with Crippen LogP contribution < -0.4 is 0 Å². The molecule has 1 rings (SSSR count). The fraction of sp³-hybridized carbons (Fsp3) is 0.167. The molecular formula is C6H5MnO. The van der Waals surface area contributed by atoms with Crippen LogP contribution in [0.15, 0.2) is 23.8 Å². The summed E-state index contributed by atoms with van der Waals surface area (Å²) in [5.74, 6) is 0. The number of allylic oxidation sites excluding steroid dienone is 4. The van der Waals surface area contributed by atoms with Crippen LogP contribution >= 0.6 is 0 Å². The normalized spacial score (nSPS) is 16.4. The molecule has 0 radical (unpaired) electrons. The first-order valence-electron chi connectivity index (χ1n) is 2.36. The van der Waals surface area contributed by atoms with Crippen LogP contribution in [0.2, 0.25) is 0 Å². The average molecular weight is 148 g/mol. The molecule has 2 heteroatoms. The molecule has 1 nitrogen and oxygen atoms in total. The third kappa shape index (κ3) is 1.09. The Balaban J connectivity index is 2.64. The predicted octanol–water partition coefficient (Wildman–Crippen LogP) is 0.946. The molecule has 0 amide bonds. The Hall–Kier alpha value is -0.331. The van der Waals surface area contributed by atoms with E-state index in [0.29, 0.717) is 0 Å². The van der Waals surface area contributed by atoms with E-state index in [-0.39, 0.29) is 4.68 Å². The summed E-state index contributed by atoms with van der Waals surface area (Å²) in [6.07, 6.45) is 6.43. The van der Waals surface area contributed by atoms with E-state index in [1.165, 1.54) is 0 Å². The molecule has 0 unspecified atom stereocenters. The van der Waals surface area contributed by atoms with Crippen molar-refractivity contribution in [1.29, 1.82) is 0 Å². The Bertz CT molecular complexity index is 167. The van der Waals surface area contributed by atoms with Crippen molar-refractivity contribution in [3.05, 3.63) is 23.8 Å². The van der Waals surface area contributed by atoms with Crippen LogP contribution in [0.3, 0.4) is 0 Å². The summed E-state index contributed by atoms with van der Waals surface area (Å²) in [6.45, 7) is 0. The molecule has 0 aromatic heterocycles. The monoisotopic (exact) mass is 148 g/mol. The van der Waals surface area contributed by atoms with E-state index < -0.39 is 0 Å². The second kappa shape index (κ2) is 2.29. The van der Waals surface area contributed by atoms with Crippen molar-refractivity contribution in [3.8, 4) is 0 Å². The third-order valence-corrected chi connectivity index (χ3v) is 1.40. The van der Waals surface area contributed by atoms with Gasteiger partial charge in [0.1, 0.15) is 0 Å². The van der Waals surface area contributed by atoms with Gasteiger partial charge in [-0.3, -0.25) is 0 Å². The molecule has 1 aliphatic carbocycles. The van der Waals surface area contributed by atoms with Gasteiger partial charge < -0.3 is 0 Å². The molecule has 0 saturated carbocycles. The second-order valence-electron chi connectivity index (χ2n) is 1.60. The fourth-order valence-corrected chi connectivity index (χ4v) is 0.812. The number of rotatable bonds is 1. The summed E-state index contributed by atoms with van der Waals surface area (Å²) in [4.78, 5) is 10.5. The zero-order chi connectivity index (χ0) is 5.98. The molecule has 0 atom stereocenters. The van der Waals surface area contributed by atoms with E-state index in [4.69, 9.17) is 0 Å². The number of carbonyl (C=O) groups is 1. The molecule has 0 N–H and O–H groups in total. The Morgan fingerprint density at radius 1 is 1.75 bits per heavy atom. The second-order valence-corrected chi connectivity index (χ2v) is 2.13. The van der Waals surface area contributed by atoms with Gasteiger partial charge >= 0.3 is 55.7 Å². The van der Waals surface area contributed by atoms with Gasteiger partial charge in [0.25, 0.3) is 0 Å². The van der Waals surface area contributed by atoms with Crippen molar-refractivity contribution >= 4 is 4.68 Å². The maximum atomic E-state index is 10.5. The summed E-state index contributed by atoms with van der Waals surface area (Å²) in [5.41, 5.74) is 0.838. The number of carbonyl (C=O) groups excluding carboxylic acids is 1. The molecule has 0 spiro atoms. The number of hydrogen-bond acceptors (Lipinski definition) is 1. The number of hydrogen-bond donors (Lipinski definition) is 0. The summed E-state index contributed by atoms with van der Waals surface area (Å²) < 4.78 is 0.00231. The molecule has 8 heavy (non-hydrogen) atoms. The molecule has 0 aromatic rings. The van der Waals surface area contributed by atoms with Crippen LogP contribution in [-0.4, -0.2) is 4.68 Å². The Morgan fingerprint density at radius 3 is 2.75 bits per heavy atom. The van der Waals surface area contributed by atoms with Gasteiger partial charge in [0.05, 0.1) is 0 Å². The summed E-state index contributed by atoms with van der Waals surface area (Å²) in [6, 6.07) is 0.